The Balaban J connectivity index is 1.71. The zero-order valence-electron chi connectivity index (χ0n) is 13.2. The van der Waals surface area contributed by atoms with E-state index in [2.05, 4.69) is 0 Å². The van der Waals surface area contributed by atoms with Crippen LogP contribution in [-0.2, 0) is 24.1 Å². The number of anilines is 2. The van der Waals surface area contributed by atoms with Crippen LogP contribution < -0.4 is 9.80 Å². The average molecular weight is 354 g/mol. The Hall–Kier alpha value is -2.13. The highest BCUT2D eigenvalue weighted by atomic mass is 32.2. The number of amides is 2. The van der Waals surface area contributed by atoms with Crippen LogP contribution in [0.5, 0.6) is 0 Å². The summed E-state index contributed by atoms with van der Waals surface area (Å²) in [6.07, 6.45) is -0.135. The monoisotopic (exact) mass is 354 g/mol. The van der Waals surface area contributed by atoms with E-state index in [1.54, 1.807) is 29.2 Å². The van der Waals surface area contributed by atoms with Crippen molar-refractivity contribution in [3.63, 3.8) is 0 Å². The smallest absolute Gasteiger partial charge is 0.414 e. The molecule has 1 aromatic rings. The molecule has 0 spiro atoms. The predicted octanol–water partition coefficient (Wildman–Crippen LogP) is 0.420. The maximum Gasteiger partial charge on any atom is 0.414 e. The SMILES string of the molecule is CS(=O)(=O)C[C@H]1CN(c2ccc(N3CCOCC3=O)cc2)C(=O)O1. The number of rotatable bonds is 4. The summed E-state index contributed by atoms with van der Waals surface area (Å²) < 4.78 is 32.8. The molecule has 2 aliphatic rings. The first-order chi connectivity index (χ1) is 11.3. The third-order valence-electron chi connectivity index (χ3n) is 3.82. The summed E-state index contributed by atoms with van der Waals surface area (Å²) in [6, 6.07) is 6.91. The zero-order chi connectivity index (χ0) is 17.3. The molecule has 8 nitrogen and oxygen atoms in total. The number of cyclic esters (lactones) is 1. The molecule has 2 fully saturated rings. The van der Waals surface area contributed by atoms with E-state index < -0.39 is 22.0 Å². The van der Waals surface area contributed by atoms with Crippen LogP contribution in [-0.4, -0.2) is 64.8 Å². The average Bonchev–Trinajstić information content (AvgIpc) is 2.86. The normalized spacial score (nSPS) is 22.0. The minimum Gasteiger partial charge on any atom is -0.443 e. The third-order valence-corrected chi connectivity index (χ3v) is 4.80. The zero-order valence-corrected chi connectivity index (χ0v) is 14.0. The molecule has 1 aromatic carbocycles. The standard InChI is InChI=1S/C15H18N2O6S/c1-24(20,21)10-13-8-17(15(19)23-13)12-4-2-11(3-5-12)16-6-7-22-9-14(16)18/h2-5,13H,6-10H2,1H3/t13-/m1/s1. The summed E-state index contributed by atoms with van der Waals surface area (Å²) in [5.74, 6) is -0.307. The van der Waals surface area contributed by atoms with E-state index >= 15 is 0 Å². The van der Waals surface area contributed by atoms with Gasteiger partial charge in [0, 0.05) is 24.2 Å². The van der Waals surface area contributed by atoms with Gasteiger partial charge in [0.15, 0.2) is 9.84 Å². The molecule has 2 heterocycles. The molecule has 130 valence electrons. The van der Waals surface area contributed by atoms with E-state index in [1.807, 2.05) is 0 Å². The number of morpholine rings is 1. The van der Waals surface area contributed by atoms with Gasteiger partial charge in [-0.15, -0.1) is 0 Å². The second-order valence-electron chi connectivity index (χ2n) is 5.82. The minimum atomic E-state index is -3.22. The van der Waals surface area contributed by atoms with Gasteiger partial charge in [0.05, 0.1) is 18.9 Å². The number of nitrogens with zero attached hydrogens (tertiary/aromatic N) is 2. The van der Waals surface area contributed by atoms with Gasteiger partial charge in [-0.2, -0.15) is 0 Å². The number of sulfone groups is 1. The molecular formula is C15H18N2O6S. The minimum absolute atomic E-state index is 0.0629. The molecule has 24 heavy (non-hydrogen) atoms. The van der Waals surface area contributed by atoms with Crippen molar-refractivity contribution in [2.24, 2.45) is 0 Å². The van der Waals surface area contributed by atoms with E-state index in [9.17, 15) is 18.0 Å². The summed E-state index contributed by atoms with van der Waals surface area (Å²) in [5.41, 5.74) is 1.33. The van der Waals surface area contributed by atoms with Crippen molar-refractivity contribution in [1.82, 2.24) is 0 Å². The lowest BCUT2D eigenvalue weighted by Crippen LogP contribution is -2.41. The highest BCUT2D eigenvalue weighted by Crippen LogP contribution is 2.26. The van der Waals surface area contributed by atoms with Crippen molar-refractivity contribution in [2.75, 3.05) is 48.1 Å². The Labute approximate surface area is 139 Å². The van der Waals surface area contributed by atoms with E-state index in [0.717, 1.165) is 11.9 Å². The van der Waals surface area contributed by atoms with E-state index in [4.69, 9.17) is 9.47 Å². The molecule has 0 aromatic heterocycles. The summed E-state index contributed by atoms with van der Waals surface area (Å²) >= 11 is 0. The predicted molar refractivity (Wildman–Crippen MR) is 86.9 cm³/mol. The number of hydrogen-bond donors (Lipinski definition) is 0. The van der Waals surface area contributed by atoms with Gasteiger partial charge in [-0.05, 0) is 24.3 Å². The van der Waals surface area contributed by atoms with Crippen molar-refractivity contribution in [3.8, 4) is 0 Å². The van der Waals surface area contributed by atoms with Crippen molar-refractivity contribution in [2.45, 2.75) is 6.10 Å². The van der Waals surface area contributed by atoms with E-state index in [-0.39, 0.29) is 24.8 Å². The number of benzene rings is 1. The van der Waals surface area contributed by atoms with Crippen LogP contribution >= 0.6 is 0 Å². The van der Waals surface area contributed by atoms with Gasteiger partial charge < -0.3 is 14.4 Å². The number of ether oxygens (including phenoxy) is 2. The van der Waals surface area contributed by atoms with Crippen LogP contribution in [0, 0.1) is 0 Å². The van der Waals surface area contributed by atoms with Gasteiger partial charge in [-0.25, -0.2) is 13.2 Å². The second kappa shape index (κ2) is 6.40. The molecule has 0 bridgehead atoms. The molecule has 0 radical (unpaired) electrons. The summed E-state index contributed by atoms with van der Waals surface area (Å²) in [5, 5.41) is 0. The molecule has 9 heteroatoms. The topological polar surface area (TPSA) is 93.2 Å². The number of hydrogen-bond acceptors (Lipinski definition) is 6. The lowest BCUT2D eigenvalue weighted by Gasteiger charge is -2.27. The molecular weight excluding hydrogens is 336 g/mol. The maximum absolute atomic E-state index is 11.9. The Kier molecular flexibility index (Phi) is 4.46. The third kappa shape index (κ3) is 3.68. The van der Waals surface area contributed by atoms with Gasteiger partial charge in [-0.1, -0.05) is 0 Å². The largest absolute Gasteiger partial charge is 0.443 e. The van der Waals surface area contributed by atoms with Crippen LogP contribution in [0.3, 0.4) is 0 Å². The molecule has 0 aliphatic carbocycles. The lowest BCUT2D eigenvalue weighted by molar-refractivity contribution is -0.125. The molecule has 2 aliphatic heterocycles. The fourth-order valence-corrected chi connectivity index (χ4v) is 3.61. The van der Waals surface area contributed by atoms with Crippen LogP contribution in [0.15, 0.2) is 24.3 Å². The Bertz CT molecular complexity index is 746. The van der Waals surface area contributed by atoms with Crippen molar-refractivity contribution in [1.29, 1.82) is 0 Å². The van der Waals surface area contributed by atoms with Crippen molar-refractivity contribution < 1.29 is 27.5 Å². The van der Waals surface area contributed by atoms with Crippen LogP contribution in [0.4, 0.5) is 16.2 Å². The maximum atomic E-state index is 11.9. The van der Waals surface area contributed by atoms with Crippen LogP contribution in [0.2, 0.25) is 0 Å². The van der Waals surface area contributed by atoms with Crippen LogP contribution in [0.25, 0.3) is 0 Å². The van der Waals surface area contributed by atoms with Gasteiger partial charge in [0.25, 0.3) is 5.91 Å². The molecule has 0 saturated carbocycles. The first-order valence-corrected chi connectivity index (χ1v) is 9.53. The van der Waals surface area contributed by atoms with Gasteiger partial charge >= 0.3 is 6.09 Å². The summed E-state index contributed by atoms with van der Waals surface area (Å²) in [7, 11) is -3.22. The molecule has 1 atom stereocenters. The summed E-state index contributed by atoms with van der Waals surface area (Å²) in [4.78, 5) is 26.8. The van der Waals surface area contributed by atoms with Crippen LogP contribution in [0.1, 0.15) is 0 Å². The van der Waals surface area contributed by atoms with Gasteiger partial charge in [-0.3, -0.25) is 9.69 Å². The molecule has 3 rings (SSSR count). The Morgan fingerprint density at radius 2 is 1.75 bits per heavy atom. The Morgan fingerprint density at radius 3 is 2.33 bits per heavy atom. The number of carbonyl (C=O) groups excluding carboxylic acids is 2. The molecule has 2 saturated heterocycles. The fraction of sp³-hybridized carbons (Fsp3) is 0.467. The van der Waals surface area contributed by atoms with Crippen molar-refractivity contribution in [3.05, 3.63) is 24.3 Å². The van der Waals surface area contributed by atoms with Crippen molar-refractivity contribution >= 4 is 33.2 Å². The summed E-state index contributed by atoms with van der Waals surface area (Å²) in [6.45, 7) is 1.22. The first kappa shape index (κ1) is 16.7. The molecule has 2 amide bonds. The van der Waals surface area contributed by atoms with E-state index in [0.29, 0.717) is 18.8 Å². The highest BCUT2D eigenvalue weighted by Gasteiger charge is 2.34. The van der Waals surface area contributed by atoms with E-state index in [1.165, 1.54) is 4.90 Å². The first-order valence-electron chi connectivity index (χ1n) is 7.47. The molecule has 0 unspecified atom stereocenters. The van der Waals surface area contributed by atoms with Gasteiger partial charge in [0.1, 0.15) is 12.7 Å². The Morgan fingerprint density at radius 1 is 1.12 bits per heavy atom. The highest BCUT2D eigenvalue weighted by molar-refractivity contribution is 7.90. The second-order valence-corrected chi connectivity index (χ2v) is 8.01. The fourth-order valence-electron chi connectivity index (χ4n) is 2.76. The quantitative estimate of drug-likeness (QED) is 0.778. The number of carbonyl (C=O) groups is 2. The lowest BCUT2D eigenvalue weighted by atomic mass is 10.2. The molecule has 0 N–H and O–H groups in total. The van der Waals surface area contributed by atoms with Gasteiger partial charge in [0.2, 0.25) is 0 Å².